The van der Waals surface area contributed by atoms with Crippen LogP contribution in [-0.2, 0) is 9.59 Å². The number of hydrogen-bond acceptors (Lipinski definition) is 4. The summed E-state index contributed by atoms with van der Waals surface area (Å²) in [5, 5.41) is 2.38. The number of nitrogens with one attached hydrogen (secondary N) is 1. The third kappa shape index (κ3) is 5.15. The first-order valence-corrected chi connectivity index (χ1v) is 11.5. The summed E-state index contributed by atoms with van der Waals surface area (Å²) in [5.41, 5.74) is 1.67. The number of carbonyl (C=O) groups excluding carboxylic acids is 3. The molecule has 0 spiro atoms. The van der Waals surface area contributed by atoms with Crippen molar-refractivity contribution in [3.63, 3.8) is 0 Å². The number of carbonyl (C=O) groups is 3. The summed E-state index contributed by atoms with van der Waals surface area (Å²) in [6.07, 6.45) is -0.0402. The maximum absolute atomic E-state index is 13.2. The van der Waals surface area contributed by atoms with Crippen LogP contribution in [-0.4, -0.2) is 28.1 Å². The Balaban J connectivity index is 1.56. The monoisotopic (exact) mass is 507 g/mol. The van der Waals surface area contributed by atoms with Crippen LogP contribution in [0.25, 0.3) is 0 Å². The van der Waals surface area contributed by atoms with E-state index < -0.39 is 11.2 Å². The first kappa shape index (κ1) is 22.0. The van der Waals surface area contributed by atoms with Gasteiger partial charge < -0.3 is 5.32 Å². The van der Waals surface area contributed by atoms with Crippen molar-refractivity contribution in [3.8, 4) is 0 Å². The SMILES string of the molecule is O=C(C[C@@H]1SC(=NC(=O)c2ccccc2)N(c2ccccc2)C1=O)Nc1ccc(Br)cc1. The van der Waals surface area contributed by atoms with E-state index >= 15 is 0 Å². The first-order valence-electron chi connectivity index (χ1n) is 9.80. The van der Waals surface area contributed by atoms with Crippen molar-refractivity contribution in [2.75, 3.05) is 10.2 Å². The van der Waals surface area contributed by atoms with Crippen LogP contribution in [0, 0.1) is 0 Å². The zero-order valence-electron chi connectivity index (χ0n) is 16.8. The fourth-order valence-corrected chi connectivity index (χ4v) is 4.53. The van der Waals surface area contributed by atoms with Crippen molar-refractivity contribution in [2.24, 2.45) is 4.99 Å². The molecule has 1 aliphatic heterocycles. The molecule has 3 aromatic carbocycles. The molecule has 0 aromatic heterocycles. The second-order valence-corrected chi connectivity index (χ2v) is 9.03. The number of thioether (sulfide) groups is 1. The lowest BCUT2D eigenvalue weighted by Gasteiger charge is -2.16. The van der Waals surface area contributed by atoms with Crippen LogP contribution >= 0.6 is 27.7 Å². The Bertz CT molecular complexity index is 1170. The Morgan fingerprint density at radius 3 is 2.22 bits per heavy atom. The van der Waals surface area contributed by atoms with Gasteiger partial charge in [0.15, 0.2) is 5.17 Å². The number of anilines is 2. The summed E-state index contributed by atoms with van der Waals surface area (Å²) >= 11 is 4.48. The Labute approximate surface area is 197 Å². The summed E-state index contributed by atoms with van der Waals surface area (Å²) < 4.78 is 0.902. The number of amides is 3. The van der Waals surface area contributed by atoms with Gasteiger partial charge >= 0.3 is 0 Å². The van der Waals surface area contributed by atoms with Crippen molar-refractivity contribution in [3.05, 3.63) is 95.0 Å². The molecular formula is C24H18BrN3O3S. The second kappa shape index (κ2) is 9.93. The minimum atomic E-state index is -0.687. The molecule has 0 bridgehead atoms. The Morgan fingerprint density at radius 1 is 0.938 bits per heavy atom. The van der Waals surface area contributed by atoms with Gasteiger partial charge in [-0.3, -0.25) is 19.3 Å². The molecule has 1 heterocycles. The molecule has 6 nitrogen and oxygen atoms in total. The van der Waals surface area contributed by atoms with Crippen LogP contribution in [0.5, 0.6) is 0 Å². The van der Waals surface area contributed by atoms with Gasteiger partial charge in [0.2, 0.25) is 11.8 Å². The van der Waals surface area contributed by atoms with Crippen LogP contribution in [0.1, 0.15) is 16.8 Å². The van der Waals surface area contributed by atoms with E-state index in [2.05, 4.69) is 26.2 Å². The maximum atomic E-state index is 13.2. The lowest BCUT2D eigenvalue weighted by Crippen LogP contribution is -2.33. The fraction of sp³-hybridized carbons (Fsp3) is 0.0833. The summed E-state index contributed by atoms with van der Waals surface area (Å²) in [6, 6.07) is 24.8. The number of rotatable bonds is 5. The summed E-state index contributed by atoms with van der Waals surface area (Å²) in [6.45, 7) is 0. The summed E-state index contributed by atoms with van der Waals surface area (Å²) in [4.78, 5) is 44.1. The van der Waals surface area contributed by atoms with Crippen LogP contribution in [0.4, 0.5) is 11.4 Å². The molecule has 32 heavy (non-hydrogen) atoms. The number of halogens is 1. The van der Waals surface area contributed by atoms with Crippen molar-refractivity contribution in [2.45, 2.75) is 11.7 Å². The predicted molar refractivity (Wildman–Crippen MR) is 131 cm³/mol. The van der Waals surface area contributed by atoms with E-state index in [0.29, 0.717) is 16.9 Å². The van der Waals surface area contributed by atoms with Gasteiger partial charge in [0.1, 0.15) is 5.25 Å². The Hall–Kier alpha value is -3.23. The van der Waals surface area contributed by atoms with E-state index in [1.165, 1.54) is 4.90 Å². The average Bonchev–Trinajstić information content (AvgIpc) is 3.10. The number of para-hydroxylation sites is 1. The fourth-order valence-electron chi connectivity index (χ4n) is 3.13. The smallest absolute Gasteiger partial charge is 0.279 e. The highest BCUT2D eigenvalue weighted by Crippen LogP contribution is 2.34. The minimum absolute atomic E-state index is 0.0402. The molecule has 0 unspecified atom stereocenters. The van der Waals surface area contributed by atoms with Gasteiger partial charge in [0.25, 0.3) is 5.91 Å². The average molecular weight is 508 g/mol. The van der Waals surface area contributed by atoms with Gasteiger partial charge in [-0.15, -0.1) is 0 Å². The van der Waals surface area contributed by atoms with Crippen molar-refractivity contribution in [1.82, 2.24) is 0 Å². The van der Waals surface area contributed by atoms with Crippen LogP contribution < -0.4 is 10.2 Å². The molecule has 0 radical (unpaired) electrons. The van der Waals surface area contributed by atoms with Crippen LogP contribution in [0.2, 0.25) is 0 Å². The van der Waals surface area contributed by atoms with Crippen molar-refractivity contribution >= 4 is 62.0 Å². The van der Waals surface area contributed by atoms with Crippen molar-refractivity contribution < 1.29 is 14.4 Å². The molecule has 3 amide bonds. The second-order valence-electron chi connectivity index (χ2n) is 6.94. The molecule has 0 saturated carbocycles. The molecule has 4 rings (SSSR count). The van der Waals surface area contributed by atoms with Crippen LogP contribution in [0.15, 0.2) is 94.4 Å². The van der Waals surface area contributed by atoms with E-state index in [-0.39, 0.29) is 23.4 Å². The molecule has 1 saturated heterocycles. The molecule has 1 aliphatic rings. The summed E-state index contributed by atoms with van der Waals surface area (Å²) in [5.74, 6) is -1.02. The van der Waals surface area contributed by atoms with E-state index in [1.54, 1.807) is 60.7 Å². The molecule has 8 heteroatoms. The molecule has 1 fully saturated rings. The third-order valence-corrected chi connectivity index (χ3v) is 6.33. The largest absolute Gasteiger partial charge is 0.326 e. The zero-order valence-corrected chi connectivity index (χ0v) is 19.2. The Morgan fingerprint density at radius 2 is 1.56 bits per heavy atom. The highest BCUT2D eigenvalue weighted by Gasteiger charge is 2.40. The third-order valence-electron chi connectivity index (χ3n) is 4.67. The van der Waals surface area contributed by atoms with Gasteiger partial charge in [-0.25, -0.2) is 0 Å². The lowest BCUT2D eigenvalue weighted by molar-refractivity contribution is -0.121. The van der Waals surface area contributed by atoms with E-state index in [9.17, 15) is 14.4 Å². The Kier molecular flexibility index (Phi) is 6.82. The summed E-state index contributed by atoms with van der Waals surface area (Å²) in [7, 11) is 0. The first-order chi connectivity index (χ1) is 15.5. The highest BCUT2D eigenvalue weighted by atomic mass is 79.9. The van der Waals surface area contributed by atoms with Gasteiger partial charge in [-0.1, -0.05) is 64.1 Å². The maximum Gasteiger partial charge on any atom is 0.279 e. The number of aliphatic imine (C=N–C) groups is 1. The molecule has 3 aromatic rings. The van der Waals surface area contributed by atoms with E-state index in [4.69, 9.17) is 0 Å². The van der Waals surface area contributed by atoms with Gasteiger partial charge in [-0.2, -0.15) is 4.99 Å². The number of benzene rings is 3. The number of nitrogens with zero attached hydrogens (tertiary/aromatic N) is 2. The number of amidine groups is 1. The minimum Gasteiger partial charge on any atom is -0.326 e. The molecule has 1 N–H and O–H groups in total. The quantitative estimate of drug-likeness (QED) is 0.519. The van der Waals surface area contributed by atoms with E-state index in [1.807, 2.05) is 24.3 Å². The molecule has 0 aliphatic carbocycles. The normalized spacial score (nSPS) is 16.9. The molecule has 160 valence electrons. The lowest BCUT2D eigenvalue weighted by atomic mass is 10.2. The molecule has 1 atom stereocenters. The zero-order chi connectivity index (χ0) is 22.5. The predicted octanol–water partition coefficient (Wildman–Crippen LogP) is 5.12. The number of hydrogen-bond donors (Lipinski definition) is 1. The molecular weight excluding hydrogens is 490 g/mol. The highest BCUT2D eigenvalue weighted by molar-refractivity contribution is 9.10. The van der Waals surface area contributed by atoms with E-state index in [0.717, 1.165) is 16.2 Å². The van der Waals surface area contributed by atoms with Crippen LogP contribution in [0.3, 0.4) is 0 Å². The topological polar surface area (TPSA) is 78.8 Å². The van der Waals surface area contributed by atoms with Gasteiger partial charge in [0, 0.05) is 22.1 Å². The van der Waals surface area contributed by atoms with Crippen molar-refractivity contribution in [1.29, 1.82) is 0 Å². The standard InChI is InChI=1S/C24H18BrN3O3S/c25-17-11-13-18(14-12-17)26-21(29)15-20-23(31)28(19-9-5-2-6-10-19)24(32-20)27-22(30)16-7-3-1-4-8-16/h1-14,20H,15H2,(H,26,29)/t20-/m0/s1. The van der Waals surface area contributed by atoms with Gasteiger partial charge in [-0.05, 0) is 48.5 Å². The van der Waals surface area contributed by atoms with Gasteiger partial charge in [0.05, 0.1) is 5.69 Å².